The number of aromatic nitrogens is 2. The third-order valence-electron chi connectivity index (χ3n) is 3.70. The van der Waals surface area contributed by atoms with Crippen LogP contribution in [0.4, 0.5) is 10.2 Å². The van der Waals surface area contributed by atoms with Crippen LogP contribution in [0.15, 0.2) is 36.5 Å². The van der Waals surface area contributed by atoms with E-state index in [1.807, 2.05) is 4.68 Å². The van der Waals surface area contributed by atoms with Crippen LogP contribution in [-0.4, -0.2) is 15.7 Å². The van der Waals surface area contributed by atoms with E-state index < -0.39 is 11.7 Å². The molecule has 0 atom stereocenters. The molecule has 0 radical (unpaired) electrons. The highest BCUT2D eigenvalue weighted by atomic mass is 19.1. The van der Waals surface area contributed by atoms with Gasteiger partial charge in [0, 0.05) is 6.07 Å². The Morgan fingerprint density at radius 3 is 2.75 bits per heavy atom. The molecule has 0 aliphatic heterocycles. The second-order valence-corrected chi connectivity index (χ2v) is 5.03. The van der Waals surface area contributed by atoms with E-state index in [2.05, 4.69) is 10.4 Å². The highest BCUT2D eigenvalue weighted by Gasteiger charge is 2.21. The topological polar surface area (TPSA) is 46.9 Å². The highest BCUT2D eigenvalue weighted by molar-refractivity contribution is 6.03. The van der Waals surface area contributed by atoms with E-state index in [0.29, 0.717) is 11.9 Å². The minimum Gasteiger partial charge on any atom is -0.307 e. The fourth-order valence-corrected chi connectivity index (χ4v) is 2.68. The summed E-state index contributed by atoms with van der Waals surface area (Å²) >= 11 is 0. The van der Waals surface area contributed by atoms with Gasteiger partial charge in [0.15, 0.2) is 0 Å². The van der Waals surface area contributed by atoms with Gasteiger partial charge in [-0.15, -0.1) is 0 Å². The monoisotopic (exact) mass is 273 g/mol. The summed E-state index contributed by atoms with van der Waals surface area (Å²) in [6.07, 6.45) is 6.18. The van der Waals surface area contributed by atoms with Gasteiger partial charge < -0.3 is 5.32 Å². The van der Waals surface area contributed by atoms with E-state index >= 15 is 0 Å². The van der Waals surface area contributed by atoms with E-state index in [1.165, 1.54) is 25.0 Å². The summed E-state index contributed by atoms with van der Waals surface area (Å²) in [4.78, 5) is 12.1. The van der Waals surface area contributed by atoms with Crippen LogP contribution in [-0.2, 0) is 0 Å². The first-order chi connectivity index (χ1) is 9.75. The Bertz CT molecular complexity index is 617. The van der Waals surface area contributed by atoms with E-state index in [9.17, 15) is 9.18 Å². The van der Waals surface area contributed by atoms with Crippen molar-refractivity contribution in [2.45, 2.75) is 31.7 Å². The first-order valence-corrected chi connectivity index (χ1v) is 6.85. The second kappa shape index (κ2) is 5.45. The number of rotatable bonds is 3. The van der Waals surface area contributed by atoms with Crippen molar-refractivity contribution in [3.05, 3.63) is 47.9 Å². The molecule has 1 aliphatic carbocycles. The zero-order valence-electron chi connectivity index (χ0n) is 11.1. The van der Waals surface area contributed by atoms with Gasteiger partial charge in [0.05, 0.1) is 17.8 Å². The van der Waals surface area contributed by atoms with Crippen LogP contribution in [0.2, 0.25) is 0 Å². The van der Waals surface area contributed by atoms with Gasteiger partial charge in [-0.1, -0.05) is 25.0 Å². The maximum Gasteiger partial charge on any atom is 0.259 e. The molecule has 104 valence electrons. The van der Waals surface area contributed by atoms with Crippen LogP contribution in [0.25, 0.3) is 0 Å². The van der Waals surface area contributed by atoms with Gasteiger partial charge in [-0.05, 0) is 25.0 Å². The van der Waals surface area contributed by atoms with Gasteiger partial charge in [-0.25, -0.2) is 9.07 Å². The molecule has 0 bridgehead atoms. The smallest absolute Gasteiger partial charge is 0.259 e. The Labute approximate surface area is 116 Å². The first-order valence-electron chi connectivity index (χ1n) is 6.85. The maximum atomic E-state index is 13.6. The molecule has 0 saturated heterocycles. The Balaban J connectivity index is 1.80. The Hall–Kier alpha value is -2.17. The number of nitrogens with one attached hydrogen (secondary N) is 1. The van der Waals surface area contributed by atoms with Crippen molar-refractivity contribution in [3.63, 3.8) is 0 Å². The van der Waals surface area contributed by atoms with Crippen molar-refractivity contribution in [2.24, 2.45) is 0 Å². The van der Waals surface area contributed by atoms with Gasteiger partial charge in [0.25, 0.3) is 5.91 Å². The van der Waals surface area contributed by atoms with Crippen LogP contribution < -0.4 is 5.32 Å². The number of hydrogen-bond acceptors (Lipinski definition) is 2. The molecule has 5 heteroatoms. The second-order valence-electron chi connectivity index (χ2n) is 5.03. The van der Waals surface area contributed by atoms with Gasteiger partial charge in [0.2, 0.25) is 0 Å². The standard InChI is InChI=1S/C15H16FN3O/c16-13-8-4-3-7-12(13)15(20)18-14-9-10-17-19(14)11-5-1-2-6-11/h3-4,7-11H,1-2,5-6H2,(H,18,20). The van der Waals surface area contributed by atoms with Gasteiger partial charge in [0.1, 0.15) is 11.6 Å². The zero-order valence-corrected chi connectivity index (χ0v) is 11.1. The Morgan fingerprint density at radius 2 is 2.00 bits per heavy atom. The van der Waals surface area contributed by atoms with Gasteiger partial charge >= 0.3 is 0 Å². The molecule has 3 rings (SSSR count). The van der Waals surface area contributed by atoms with Gasteiger partial charge in [-0.2, -0.15) is 5.10 Å². The van der Waals surface area contributed by atoms with Crippen molar-refractivity contribution in [1.82, 2.24) is 9.78 Å². The molecule has 1 N–H and O–H groups in total. The molecule has 2 aromatic rings. The number of halogens is 1. The van der Waals surface area contributed by atoms with Crippen LogP contribution in [0, 0.1) is 5.82 Å². The number of benzene rings is 1. The number of carbonyl (C=O) groups is 1. The molecule has 1 aliphatic rings. The summed E-state index contributed by atoms with van der Waals surface area (Å²) in [5.74, 6) is -0.329. The predicted octanol–water partition coefficient (Wildman–Crippen LogP) is 3.39. The van der Waals surface area contributed by atoms with Crippen molar-refractivity contribution in [3.8, 4) is 0 Å². The molecular formula is C15H16FN3O. The molecule has 1 amide bonds. The van der Waals surface area contributed by atoms with Crippen molar-refractivity contribution >= 4 is 11.7 Å². The molecule has 1 aromatic carbocycles. The zero-order chi connectivity index (χ0) is 13.9. The average molecular weight is 273 g/mol. The number of amides is 1. The molecule has 20 heavy (non-hydrogen) atoms. The summed E-state index contributed by atoms with van der Waals surface area (Å²) in [6.45, 7) is 0. The van der Waals surface area contributed by atoms with E-state index in [0.717, 1.165) is 12.8 Å². The summed E-state index contributed by atoms with van der Waals surface area (Å²) in [6, 6.07) is 8.04. The van der Waals surface area contributed by atoms with Crippen molar-refractivity contribution in [1.29, 1.82) is 0 Å². The fourth-order valence-electron chi connectivity index (χ4n) is 2.68. The molecular weight excluding hydrogens is 257 g/mol. The first kappa shape index (κ1) is 12.8. The average Bonchev–Trinajstić information content (AvgIpc) is 3.09. The SMILES string of the molecule is O=C(Nc1ccnn1C1CCCC1)c1ccccc1F. The van der Waals surface area contributed by atoms with Crippen LogP contribution in [0.5, 0.6) is 0 Å². The molecule has 0 unspecified atom stereocenters. The van der Waals surface area contributed by atoms with Crippen LogP contribution >= 0.6 is 0 Å². The fraction of sp³-hybridized carbons (Fsp3) is 0.333. The summed E-state index contributed by atoms with van der Waals surface area (Å²) < 4.78 is 15.4. The van der Waals surface area contributed by atoms with E-state index in [1.54, 1.807) is 24.4 Å². The predicted molar refractivity (Wildman–Crippen MR) is 74.1 cm³/mol. The van der Waals surface area contributed by atoms with Crippen molar-refractivity contribution < 1.29 is 9.18 Å². The third kappa shape index (κ3) is 2.43. The minimum atomic E-state index is -0.517. The lowest BCUT2D eigenvalue weighted by Gasteiger charge is -2.14. The molecule has 0 spiro atoms. The van der Waals surface area contributed by atoms with E-state index in [-0.39, 0.29) is 5.56 Å². The van der Waals surface area contributed by atoms with Crippen LogP contribution in [0.3, 0.4) is 0 Å². The lowest BCUT2D eigenvalue weighted by atomic mass is 10.2. The number of nitrogens with zero attached hydrogens (tertiary/aromatic N) is 2. The molecule has 1 saturated carbocycles. The van der Waals surface area contributed by atoms with Gasteiger partial charge in [-0.3, -0.25) is 4.79 Å². The summed E-state index contributed by atoms with van der Waals surface area (Å²) in [7, 11) is 0. The van der Waals surface area contributed by atoms with Crippen molar-refractivity contribution in [2.75, 3.05) is 5.32 Å². The highest BCUT2D eigenvalue weighted by Crippen LogP contribution is 2.31. The Morgan fingerprint density at radius 1 is 1.25 bits per heavy atom. The molecule has 1 heterocycles. The molecule has 1 fully saturated rings. The minimum absolute atomic E-state index is 0.0478. The normalized spacial score (nSPS) is 15.4. The maximum absolute atomic E-state index is 13.6. The van der Waals surface area contributed by atoms with Crippen LogP contribution in [0.1, 0.15) is 42.1 Å². The quantitative estimate of drug-likeness (QED) is 0.931. The summed E-state index contributed by atoms with van der Waals surface area (Å²) in [5, 5.41) is 7.02. The number of anilines is 1. The molecule has 1 aromatic heterocycles. The number of hydrogen-bond donors (Lipinski definition) is 1. The van der Waals surface area contributed by atoms with E-state index in [4.69, 9.17) is 0 Å². The largest absolute Gasteiger partial charge is 0.307 e. The Kier molecular flexibility index (Phi) is 3.50. The summed E-state index contributed by atoms with van der Waals surface area (Å²) in [5.41, 5.74) is 0.0478. The molecule has 4 nitrogen and oxygen atoms in total. The number of carbonyl (C=O) groups excluding carboxylic acids is 1. The lowest BCUT2D eigenvalue weighted by Crippen LogP contribution is -2.18. The lowest BCUT2D eigenvalue weighted by molar-refractivity contribution is 0.102. The third-order valence-corrected chi connectivity index (χ3v) is 3.70.